The van der Waals surface area contributed by atoms with E-state index in [2.05, 4.69) is 54.3 Å². The molecule has 1 aromatic heterocycles. The molecule has 1 saturated heterocycles. The standard InChI is InChI=1S/C18H23N3/c1-2-17-10-14(12-19)11-18(20-17)21-9-8-16(13-21)15-6-4-3-5-7-15/h3-7,10-11,16H,2,8-9,12-13,19H2,1H3. The number of hydrogen-bond acceptors (Lipinski definition) is 3. The molecule has 3 nitrogen and oxygen atoms in total. The predicted molar refractivity (Wildman–Crippen MR) is 87.5 cm³/mol. The summed E-state index contributed by atoms with van der Waals surface area (Å²) in [6, 6.07) is 15.1. The maximum atomic E-state index is 5.81. The first kappa shape index (κ1) is 14.1. The maximum Gasteiger partial charge on any atom is 0.129 e. The van der Waals surface area contributed by atoms with Gasteiger partial charge < -0.3 is 10.6 Å². The zero-order valence-corrected chi connectivity index (χ0v) is 12.6. The lowest BCUT2D eigenvalue weighted by Gasteiger charge is -2.19. The van der Waals surface area contributed by atoms with E-state index in [0.717, 1.165) is 31.0 Å². The third kappa shape index (κ3) is 3.08. The smallest absolute Gasteiger partial charge is 0.129 e. The highest BCUT2D eigenvalue weighted by Gasteiger charge is 2.24. The van der Waals surface area contributed by atoms with Gasteiger partial charge >= 0.3 is 0 Å². The van der Waals surface area contributed by atoms with Crippen molar-refractivity contribution in [2.24, 2.45) is 5.73 Å². The monoisotopic (exact) mass is 281 g/mol. The number of pyridine rings is 1. The Morgan fingerprint density at radius 3 is 2.76 bits per heavy atom. The summed E-state index contributed by atoms with van der Waals surface area (Å²) in [6.07, 6.45) is 2.15. The van der Waals surface area contributed by atoms with Crippen molar-refractivity contribution in [3.05, 3.63) is 59.3 Å². The van der Waals surface area contributed by atoms with Crippen molar-refractivity contribution in [2.45, 2.75) is 32.2 Å². The summed E-state index contributed by atoms with van der Waals surface area (Å²) in [5, 5.41) is 0. The van der Waals surface area contributed by atoms with Gasteiger partial charge in [-0.3, -0.25) is 0 Å². The molecule has 2 aromatic rings. The number of hydrogen-bond donors (Lipinski definition) is 1. The average molecular weight is 281 g/mol. The molecule has 21 heavy (non-hydrogen) atoms. The molecule has 0 spiro atoms. The van der Waals surface area contributed by atoms with E-state index in [9.17, 15) is 0 Å². The van der Waals surface area contributed by atoms with Crippen LogP contribution in [0.15, 0.2) is 42.5 Å². The second-order valence-electron chi connectivity index (χ2n) is 5.72. The van der Waals surface area contributed by atoms with Crippen molar-refractivity contribution in [2.75, 3.05) is 18.0 Å². The van der Waals surface area contributed by atoms with E-state index in [1.807, 2.05) is 0 Å². The van der Waals surface area contributed by atoms with Crippen LogP contribution >= 0.6 is 0 Å². The Kier molecular flexibility index (Phi) is 4.20. The second-order valence-corrected chi connectivity index (χ2v) is 5.72. The number of aromatic nitrogens is 1. The van der Waals surface area contributed by atoms with Gasteiger partial charge in [-0.1, -0.05) is 37.3 Å². The molecule has 1 aliphatic rings. The summed E-state index contributed by atoms with van der Waals surface area (Å²) in [4.78, 5) is 7.18. The SMILES string of the molecule is CCc1cc(CN)cc(N2CCC(c3ccccc3)C2)n1. The summed E-state index contributed by atoms with van der Waals surface area (Å²) in [5.74, 6) is 1.70. The fourth-order valence-corrected chi connectivity index (χ4v) is 3.06. The van der Waals surface area contributed by atoms with Crippen molar-refractivity contribution in [1.82, 2.24) is 4.98 Å². The van der Waals surface area contributed by atoms with E-state index in [1.165, 1.54) is 17.5 Å². The van der Waals surface area contributed by atoms with Gasteiger partial charge in [0.25, 0.3) is 0 Å². The van der Waals surface area contributed by atoms with Crippen molar-refractivity contribution in [3.8, 4) is 0 Å². The van der Waals surface area contributed by atoms with Crippen LogP contribution in [0, 0.1) is 0 Å². The van der Waals surface area contributed by atoms with Gasteiger partial charge in [0, 0.05) is 31.2 Å². The summed E-state index contributed by atoms with van der Waals surface area (Å²) in [7, 11) is 0. The van der Waals surface area contributed by atoms with Crippen LogP contribution in [-0.4, -0.2) is 18.1 Å². The van der Waals surface area contributed by atoms with Crippen LogP contribution in [-0.2, 0) is 13.0 Å². The van der Waals surface area contributed by atoms with Crippen LogP contribution in [0.25, 0.3) is 0 Å². The molecular formula is C18H23N3. The normalized spacial score (nSPS) is 18.2. The molecule has 3 rings (SSSR count). The molecule has 110 valence electrons. The van der Waals surface area contributed by atoms with Gasteiger partial charge in [0.1, 0.15) is 5.82 Å². The molecular weight excluding hydrogens is 258 g/mol. The zero-order chi connectivity index (χ0) is 14.7. The minimum absolute atomic E-state index is 0.582. The maximum absolute atomic E-state index is 5.81. The number of anilines is 1. The van der Waals surface area contributed by atoms with Crippen LogP contribution in [0.1, 0.15) is 36.1 Å². The zero-order valence-electron chi connectivity index (χ0n) is 12.6. The minimum atomic E-state index is 0.582. The molecule has 0 bridgehead atoms. The van der Waals surface area contributed by atoms with E-state index in [-0.39, 0.29) is 0 Å². The number of benzene rings is 1. The van der Waals surface area contributed by atoms with E-state index in [1.54, 1.807) is 0 Å². The highest BCUT2D eigenvalue weighted by atomic mass is 15.2. The Hall–Kier alpha value is -1.87. The highest BCUT2D eigenvalue weighted by Crippen LogP contribution is 2.30. The van der Waals surface area contributed by atoms with Crippen LogP contribution in [0.3, 0.4) is 0 Å². The number of aryl methyl sites for hydroxylation is 1. The predicted octanol–water partition coefficient (Wildman–Crippen LogP) is 3.10. The molecule has 0 amide bonds. The summed E-state index contributed by atoms with van der Waals surface area (Å²) < 4.78 is 0. The molecule has 1 aliphatic heterocycles. The van der Waals surface area contributed by atoms with Crippen LogP contribution in [0.2, 0.25) is 0 Å². The van der Waals surface area contributed by atoms with Gasteiger partial charge in [0.2, 0.25) is 0 Å². The van der Waals surface area contributed by atoms with Crippen molar-refractivity contribution in [3.63, 3.8) is 0 Å². The lowest BCUT2D eigenvalue weighted by Crippen LogP contribution is -2.21. The average Bonchev–Trinajstić information content (AvgIpc) is 3.05. The number of nitrogens with two attached hydrogens (primary N) is 1. The van der Waals surface area contributed by atoms with Crippen LogP contribution < -0.4 is 10.6 Å². The highest BCUT2D eigenvalue weighted by molar-refractivity contribution is 5.45. The molecule has 2 N–H and O–H groups in total. The molecule has 1 fully saturated rings. The lowest BCUT2D eigenvalue weighted by molar-refractivity contribution is 0.774. The largest absolute Gasteiger partial charge is 0.356 e. The van der Waals surface area contributed by atoms with Gasteiger partial charge in [-0.25, -0.2) is 4.98 Å². The first-order chi connectivity index (χ1) is 10.3. The topological polar surface area (TPSA) is 42.1 Å². The van der Waals surface area contributed by atoms with E-state index < -0.39 is 0 Å². The third-order valence-corrected chi connectivity index (χ3v) is 4.31. The summed E-state index contributed by atoms with van der Waals surface area (Å²) in [5.41, 5.74) is 9.56. The lowest BCUT2D eigenvalue weighted by atomic mass is 9.99. The van der Waals surface area contributed by atoms with Crippen LogP contribution in [0.5, 0.6) is 0 Å². The third-order valence-electron chi connectivity index (χ3n) is 4.31. The summed E-state index contributed by atoms with van der Waals surface area (Å²) >= 11 is 0. The van der Waals surface area contributed by atoms with Crippen molar-refractivity contribution >= 4 is 5.82 Å². The molecule has 1 atom stereocenters. The quantitative estimate of drug-likeness (QED) is 0.936. The van der Waals surface area contributed by atoms with Gasteiger partial charge in [-0.15, -0.1) is 0 Å². The molecule has 3 heteroatoms. The fourth-order valence-electron chi connectivity index (χ4n) is 3.06. The number of nitrogens with zero attached hydrogens (tertiary/aromatic N) is 2. The number of rotatable bonds is 4. The molecule has 0 aliphatic carbocycles. The Morgan fingerprint density at radius 1 is 1.24 bits per heavy atom. The second kappa shape index (κ2) is 6.27. The molecule has 0 saturated carbocycles. The van der Waals surface area contributed by atoms with E-state index in [0.29, 0.717) is 12.5 Å². The van der Waals surface area contributed by atoms with Gasteiger partial charge in [-0.05, 0) is 36.1 Å². The Morgan fingerprint density at radius 2 is 2.05 bits per heavy atom. The van der Waals surface area contributed by atoms with Gasteiger partial charge in [0.05, 0.1) is 0 Å². The van der Waals surface area contributed by atoms with Crippen LogP contribution in [0.4, 0.5) is 5.82 Å². The van der Waals surface area contributed by atoms with Gasteiger partial charge in [-0.2, -0.15) is 0 Å². The Labute approximate surface area is 126 Å². The van der Waals surface area contributed by atoms with E-state index >= 15 is 0 Å². The van der Waals surface area contributed by atoms with Crippen molar-refractivity contribution < 1.29 is 0 Å². The Bertz CT molecular complexity index is 572. The van der Waals surface area contributed by atoms with Crippen molar-refractivity contribution in [1.29, 1.82) is 0 Å². The van der Waals surface area contributed by atoms with E-state index in [4.69, 9.17) is 10.7 Å². The minimum Gasteiger partial charge on any atom is -0.356 e. The molecule has 2 heterocycles. The first-order valence-corrected chi connectivity index (χ1v) is 7.80. The molecule has 1 unspecified atom stereocenters. The first-order valence-electron chi connectivity index (χ1n) is 7.80. The van der Waals surface area contributed by atoms with Gasteiger partial charge in [0.15, 0.2) is 0 Å². The molecule has 1 aromatic carbocycles. The Balaban J connectivity index is 1.80. The molecule has 0 radical (unpaired) electrons. The summed E-state index contributed by atoms with van der Waals surface area (Å²) in [6.45, 7) is 4.85. The fraction of sp³-hybridized carbons (Fsp3) is 0.389.